The Labute approximate surface area is 114 Å². The number of hydrogen-bond acceptors (Lipinski definition) is 3. The van der Waals surface area contributed by atoms with Gasteiger partial charge in [-0.3, -0.25) is 9.59 Å². The predicted molar refractivity (Wildman–Crippen MR) is 71.5 cm³/mol. The summed E-state index contributed by atoms with van der Waals surface area (Å²) < 4.78 is 5.77. The summed E-state index contributed by atoms with van der Waals surface area (Å²) in [6.45, 7) is 8.25. The Balaban J connectivity index is 2.07. The highest BCUT2D eigenvalue weighted by Crippen LogP contribution is 2.23. The molecular weight excluding hydrogens is 244 g/mol. The summed E-state index contributed by atoms with van der Waals surface area (Å²) >= 11 is 0. The standard InChI is InChI=1S/C14H24N2O3/c1-8(2)12-14(18)16(10(4)13(17)15-12)7-11-6-5-9(3)19-11/h8-12H,5-7H2,1-4H3,(H,15,17). The van der Waals surface area contributed by atoms with Gasteiger partial charge < -0.3 is 15.0 Å². The van der Waals surface area contributed by atoms with Crippen molar-refractivity contribution < 1.29 is 14.3 Å². The molecule has 4 unspecified atom stereocenters. The lowest BCUT2D eigenvalue weighted by Gasteiger charge is -2.39. The molecule has 0 bridgehead atoms. The molecule has 2 aliphatic heterocycles. The van der Waals surface area contributed by atoms with Gasteiger partial charge in [0.1, 0.15) is 12.1 Å². The molecule has 108 valence electrons. The fraction of sp³-hybridized carbons (Fsp3) is 0.857. The van der Waals surface area contributed by atoms with Gasteiger partial charge in [0.15, 0.2) is 0 Å². The Kier molecular flexibility index (Phi) is 4.13. The fourth-order valence-corrected chi connectivity index (χ4v) is 2.79. The lowest BCUT2D eigenvalue weighted by atomic mass is 9.98. The van der Waals surface area contributed by atoms with Crippen molar-refractivity contribution in [2.75, 3.05) is 6.54 Å². The van der Waals surface area contributed by atoms with E-state index in [9.17, 15) is 9.59 Å². The topological polar surface area (TPSA) is 58.6 Å². The summed E-state index contributed by atoms with van der Waals surface area (Å²) in [4.78, 5) is 26.1. The van der Waals surface area contributed by atoms with Gasteiger partial charge in [-0.15, -0.1) is 0 Å². The minimum absolute atomic E-state index is 0.0188. The molecule has 2 fully saturated rings. The van der Waals surface area contributed by atoms with Crippen LogP contribution in [0.15, 0.2) is 0 Å². The van der Waals surface area contributed by atoms with Gasteiger partial charge >= 0.3 is 0 Å². The Morgan fingerprint density at radius 1 is 1.32 bits per heavy atom. The van der Waals surface area contributed by atoms with Crippen molar-refractivity contribution >= 4 is 11.8 Å². The van der Waals surface area contributed by atoms with E-state index in [1.54, 1.807) is 11.8 Å². The molecule has 0 radical (unpaired) electrons. The van der Waals surface area contributed by atoms with E-state index in [4.69, 9.17) is 4.74 Å². The molecule has 5 heteroatoms. The first-order valence-electron chi connectivity index (χ1n) is 7.16. The minimum Gasteiger partial charge on any atom is -0.373 e. The van der Waals surface area contributed by atoms with Crippen molar-refractivity contribution in [1.29, 1.82) is 0 Å². The first-order valence-corrected chi connectivity index (χ1v) is 7.16. The van der Waals surface area contributed by atoms with E-state index in [-0.39, 0.29) is 29.9 Å². The predicted octanol–water partition coefficient (Wildman–Crippen LogP) is 0.925. The number of amides is 2. The summed E-state index contributed by atoms with van der Waals surface area (Å²) in [6.07, 6.45) is 2.32. The third-order valence-corrected chi connectivity index (χ3v) is 4.08. The summed E-state index contributed by atoms with van der Waals surface area (Å²) in [6, 6.07) is -0.801. The number of hydrogen-bond donors (Lipinski definition) is 1. The summed E-state index contributed by atoms with van der Waals surface area (Å²) in [5.74, 6) is 0.0597. The van der Waals surface area contributed by atoms with E-state index in [1.165, 1.54) is 0 Å². The van der Waals surface area contributed by atoms with Crippen molar-refractivity contribution in [2.45, 2.75) is 64.8 Å². The molecule has 0 spiro atoms. The Morgan fingerprint density at radius 2 is 2.00 bits per heavy atom. The van der Waals surface area contributed by atoms with Gasteiger partial charge in [0, 0.05) is 6.54 Å². The second-order valence-electron chi connectivity index (χ2n) is 6.04. The van der Waals surface area contributed by atoms with Crippen LogP contribution in [-0.2, 0) is 14.3 Å². The van der Waals surface area contributed by atoms with E-state index in [0.29, 0.717) is 6.54 Å². The Bertz CT molecular complexity index is 370. The van der Waals surface area contributed by atoms with Crippen LogP contribution in [-0.4, -0.2) is 47.6 Å². The zero-order chi connectivity index (χ0) is 14.2. The zero-order valence-electron chi connectivity index (χ0n) is 12.2. The van der Waals surface area contributed by atoms with Crippen LogP contribution in [0.1, 0.15) is 40.5 Å². The average molecular weight is 268 g/mol. The highest BCUT2D eigenvalue weighted by atomic mass is 16.5. The summed E-state index contributed by atoms with van der Waals surface area (Å²) in [5, 5.41) is 2.81. The smallest absolute Gasteiger partial charge is 0.246 e. The van der Waals surface area contributed by atoms with Crippen LogP contribution in [0.2, 0.25) is 0 Å². The molecule has 0 saturated carbocycles. The lowest BCUT2D eigenvalue weighted by Crippen LogP contribution is -2.64. The average Bonchev–Trinajstić information content (AvgIpc) is 2.74. The van der Waals surface area contributed by atoms with Crippen LogP contribution in [0.5, 0.6) is 0 Å². The van der Waals surface area contributed by atoms with Gasteiger partial charge in [-0.05, 0) is 32.6 Å². The van der Waals surface area contributed by atoms with Crippen LogP contribution >= 0.6 is 0 Å². The van der Waals surface area contributed by atoms with Gasteiger partial charge in [0.25, 0.3) is 0 Å². The number of rotatable bonds is 3. The SMILES string of the molecule is CC1CCC(CN2C(=O)C(C(C)C)NC(=O)C2C)O1. The summed E-state index contributed by atoms with van der Waals surface area (Å²) in [7, 11) is 0. The Morgan fingerprint density at radius 3 is 2.53 bits per heavy atom. The zero-order valence-corrected chi connectivity index (χ0v) is 12.2. The normalized spacial score (nSPS) is 35.9. The second kappa shape index (κ2) is 5.49. The van der Waals surface area contributed by atoms with Gasteiger partial charge in [-0.1, -0.05) is 13.8 Å². The van der Waals surface area contributed by atoms with E-state index < -0.39 is 12.1 Å². The van der Waals surface area contributed by atoms with E-state index >= 15 is 0 Å². The third kappa shape index (κ3) is 2.91. The molecule has 0 aromatic heterocycles. The van der Waals surface area contributed by atoms with Gasteiger partial charge in [0.2, 0.25) is 11.8 Å². The molecular formula is C14H24N2O3. The number of ether oxygens (including phenoxy) is 1. The van der Waals surface area contributed by atoms with Gasteiger partial charge in [-0.25, -0.2) is 0 Å². The van der Waals surface area contributed by atoms with Crippen LogP contribution in [0.3, 0.4) is 0 Å². The number of nitrogens with zero attached hydrogens (tertiary/aromatic N) is 1. The van der Waals surface area contributed by atoms with Crippen molar-refractivity contribution in [3.63, 3.8) is 0 Å². The molecule has 19 heavy (non-hydrogen) atoms. The first-order chi connectivity index (χ1) is 8.90. The lowest BCUT2D eigenvalue weighted by molar-refractivity contribution is -0.151. The van der Waals surface area contributed by atoms with Crippen LogP contribution in [0.25, 0.3) is 0 Å². The van der Waals surface area contributed by atoms with Crippen LogP contribution in [0, 0.1) is 5.92 Å². The van der Waals surface area contributed by atoms with Gasteiger partial charge in [-0.2, -0.15) is 0 Å². The highest BCUT2D eigenvalue weighted by Gasteiger charge is 2.40. The highest BCUT2D eigenvalue weighted by molar-refractivity contribution is 5.96. The van der Waals surface area contributed by atoms with Crippen molar-refractivity contribution in [2.24, 2.45) is 5.92 Å². The number of nitrogens with one attached hydrogen (secondary N) is 1. The molecule has 2 amide bonds. The van der Waals surface area contributed by atoms with E-state index in [0.717, 1.165) is 12.8 Å². The molecule has 5 nitrogen and oxygen atoms in total. The monoisotopic (exact) mass is 268 g/mol. The quantitative estimate of drug-likeness (QED) is 0.828. The summed E-state index contributed by atoms with van der Waals surface area (Å²) in [5.41, 5.74) is 0. The number of carbonyl (C=O) groups is 2. The molecule has 2 rings (SSSR count). The van der Waals surface area contributed by atoms with Crippen molar-refractivity contribution in [3.8, 4) is 0 Å². The van der Waals surface area contributed by atoms with E-state index in [1.807, 2.05) is 20.8 Å². The number of piperazine rings is 1. The molecule has 2 aliphatic rings. The first kappa shape index (κ1) is 14.3. The molecule has 0 aliphatic carbocycles. The van der Waals surface area contributed by atoms with Crippen molar-refractivity contribution in [1.82, 2.24) is 10.2 Å². The van der Waals surface area contributed by atoms with Crippen molar-refractivity contribution in [3.05, 3.63) is 0 Å². The van der Waals surface area contributed by atoms with Crippen LogP contribution < -0.4 is 5.32 Å². The fourth-order valence-electron chi connectivity index (χ4n) is 2.79. The minimum atomic E-state index is -0.401. The van der Waals surface area contributed by atoms with Gasteiger partial charge in [0.05, 0.1) is 12.2 Å². The molecule has 2 saturated heterocycles. The third-order valence-electron chi connectivity index (χ3n) is 4.08. The molecule has 1 N–H and O–H groups in total. The molecule has 0 aromatic carbocycles. The Hall–Kier alpha value is -1.10. The second-order valence-corrected chi connectivity index (χ2v) is 6.04. The molecule has 0 aromatic rings. The maximum absolute atomic E-state index is 12.4. The van der Waals surface area contributed by atoms with E-state index in [2.05, 4.69) is 5.32 Å². The van der Waals surface area contributed by atoms with Crippen LogP contribution in [0.4, 0.5) is 0 Å². The molecule has 2 heterocycles. The molecule has 4 atom stereocenters. The maximum atomic E-state index is 12.4. The largest absolute Gasteiger partial charge is 0.373 e. The maximum Gasteiger partial charge on any atom is 0.246 e. The number of carbonyl (C=O) groups excluding carboxylic acids is 2.